The van der Waals surface area contributed by atoms with E-state index in [0.717, 1.165) is 24.5 Å². The Morgan fingerprint density at radius 1 is 1.22 bits per heavy atom. The second kappa shape index (κ2) is 4.93. The minimum atomic E-state index is 0.611. The molecule has 1 aromatic heterocycles. The van der Waals surface area contributed by atoms with Crippen LogP contribution in [0.3, 0.4) is 0 Å². The lowest BCUT2D eigenvalue weighted by molar-refractivity contribution is 0.0481. The Morgan fingerprint density at radius 3 is 2.56 bits per heavy atom. The zero-order chi connectivity index (χ0) is 12.5. The van der Waals surface area contributed by atoms with Gasteiger partial charge in [-0.2, -0.15) is 4.80 Å². The molecule has 3 rings (SSSR count). The zero-order valence-electron chi connectivity index (χ0n) is 11.2. The predicted molar refractivity (Wildman–Crippen MR) is 67.8 cm³/mol. The van der Waals surface area contributed by atoms with Gasteiger partial charge in [-0.25, -0.2) is 0 Å². The van der Waals surface area contributed by atoms with E-state index in [1.807, 2.05) is 0 Å². The van der Waals surface area contributed by atoms with E-state index in [2.05, 4.69) is 32.7 Å². The van der Waals surface area contributed by atoms with Gasteiger partial charge in [0.05, 0.1) is 13.6 Å². The van der Waals surface area contributed by atoms with Crippen molar-refractivity contribution in [1.29, 1.82) is 0 Å². The van der Waals surface area contributed by atoms with Crippen LogP contribution in [0.4, 0.5) is 0 Å². The summed E-state index contributed by atoms with van der Waals surface area (Å²) in [4.78, 5) is 4.10. The van der Waals surface area contributed by atoms with E-state index in [1.54, 1.807) is 7.05 Å². The molecule has 2 aliphatic heterocycles. The number of piperidine rings is 2. The number of fused-ring (bicyclic) bond motifs is 2. The topological polar surface area (TPSA) is 58.9 Å². The Balaban J connectivity index is 1.55. The molecule has 1 aromatic rings. The van der Waals surface area contributed by atoms with Gasteiger partial charge in [0.2, 0.25) is 0 Å². The summed E-state index contributed by atoms with van der Waals surface area (Å²) in [6.07, 6.45) is 6.63. The fourth-order valence-electron chi connectivity index (χ4n) is 3.41. The van der Waals surface area contributed by atoms with Gasteiger partial charge in [-0.3, -0.25) is 0 Å². The first-order valence-corrected chi connectivity index (χ1v) is 6.90. The molecule has 2 atom stereocenters. The lowest BCUT2D eigenvalue weighted by atomic mass is 9.82. The van der Waals surface area contributed by atoms with E-state index in [-0.39, 0.29) is 0 Å². The van der Waals surface area contributed by atoms with E-state index in [0.29, 0.717) is 6.04 Å². The second-order valence-corrected chi connectivity index (χ2v) is 5.65. The molecule has 0 radical (unpaired) electrons. The number of tetrazole rings is 1. The third-order valence-electron chi connectivity index (χ3n) is 4.44. The maximum atomic E-state index is 4.20. The van der Waals surface area contributed by atoms with E-state index in [4.69, 9.17) is 0 Å². The van der Waals surface area contributed by atoms with Crippen molar-refractivity contribution in [2.75, 3.05) is 7.05 Å². The minimum Gasteiger partial charge on any atom is -0.307 e. The molecule has 0 aromatic carbocycles. The normalized spacial score (nSPS) is 32.7. The van der Waals surface area contributed by atoms with E-state index in [1.165, 1.54) is 36.9 Å². The lowest BCUT2D eigenvalue weighted by Gasteiger charge is -2.47. The van der Waals surface area contributed by atoms with Gasteiger partial charge in [0.25, 0.3) is 0 Å². The van der Waals surface area contributed by atoms with Crippen molar-refractivity contribution in [3.05, 3.63) is 5.82 Å². The second-order valence-electron chi connectivity index (χ2n) is 5.65. The average Bonchev–Trinajstić information content (AvgIpc) is 2.73. The summed E-state index contributed by atoms with van der Waals surface area (Å²) in [6, 6.07) is 2.15. The highest BCUT2D eigenvalue weighted by atomic mass is 15.6. The molecule has 2 fully saturated rings. The number of aromatic nitrogens is 4. The van der Waals surface area contributed by atoms with Gasteiger partial charge in [-0.15, -0.1) is 10.2 Å². The molecule has 1 N–H and O–H groups in total. The number of nitrogens with one attached hydrogen (secondary N) is 1. The fourth-order valence-corrected chi connectivity index (χ4v) is 3.41. The van der Waals surface area contributed by atoms with Gasteiger partial charge < -0.3 is 10.2 Å². The monoisotopic (exact) mass is 250 g/mol. The van der Waals surface area contributed by atoms with Crippen LogP contribution in [0.15, 0.2) is 0 Å². The van der Waals surface area contributed by atoms with Gasteiger partial charge in [-0.05, 0) is 37.9 Å². The molecule has 100 valence electrons. The van der Waals surface area contributed by atoms with Crippen molar-refractivity contribution in [2.45, 2.75) is 56.8 Å². The molecular weight excluding hydrogens is 228 g/mol. The highest BCUT2D eigenvalue weighted by Gasteiger charge is 2.35. The van der Waals surface area contributed by atoms with Crippen LogP contribution in [0, 0.1) is 0 Å². The highest BCUT2D eigenvalue weighted by Crippen LogP contribution is 2.32. The molecule has 2 bridgehead atoms. The summed E-state index contributed by atoms with van der Waals surface area (Å²) >= 11 is 0. The van der Waals surface area contributed by atoms with Crippen LogP contribution < -0.4 is 5.32 Å². The van der Waals surface area contributed by atoms with Gasteiger partial charge in [-0.1, -0.05) is 6.42 Å². The van der Waals surface area contributed by atoms with Crippen LogP contribution in [0.2, 0.25) is 0 Å². The summed E-state index contributed by atoms with van der Waals surface area (Å²) in [6.45, 7) is 0.738. The maximum absolute atomic E-state index is 4.20. The molecule has 0 saturated carbocycles. The Labute approximate surface area is 108 Å². The van der Waals surface area contributed by atoms with Crippen LogP contribution in [0.1, 0.15) is 37.9 Å². The Hall–Kier alpha value is -1.01. The first-order valence-electron chi connectivity index (χ1n) is 6.90. The molecular formula is C12H22N6. The maximum Gasteiger partial charge on any atom is 0.188 e. The van der Waals surface area contributed by atoms with E-state index < -0.39 is 0 Å². The molecule has 6 nitrogen and oxygen atoms in total. The first kappa shape index (κ1) is 12.0. The fraction of sp³-hybridized carbons (Fsp3) is 0.917. The summed E-state index contributed by atoms with van der Waals surface area (Å²) in [7, 11) is 4.09. The van der Waals surface area contributed by atoms with Gasteiger partial charge in [0, 0.05) is 18.1 Å². The number of aryl methyl sites for hydroxylation is 1. The molecule has 0 amide bonds. The molecule has 2 unspecified atom stereocenters. The van der Waals surface area contributed by atoms with Crippen molar-refractivity contribution in [2.24, 2.45) is 7.05 Å². The Bertz CT molecular complexity index is 389. The van der Waals surface area contributed by atoms with Crippen molar-refractivity contribution in [3.8, 4) is 0 Å². The highest BCUT2D eigenvalue weighted by molar-refractivity contribution is 4.94. The third kappa shape index (κ3) is 2.40. The summed E-state index contributed by atoms with van der Waals surface area (Å²) in [5.74, 6) is 0.793. The first-order chi connectivity index (χ1) is 8.72. The summed E-state index contributed by atoms with van der Waals surface area (Å²) < 4.78 is 0. The Morgan fingerprint density at radius 2 is 1.94 bits per heavy atom. The predicted octanol–water partition coefficient (Wildman–Crippen LogP) is 0.315. The number of rotatable bonds is 3. The minimum absolute atomic E-state index is 0.611. The van der Waals surface area contributed by atoms with Crippen molar-refractivity contribution in [3.63, 3.8) is 0 Å². The SMILES string of the molecule is CN1C2CCCC1CC(NCc1nnn(C)n1)C2. The van der Waals surface area contributed by atoms with Crippen LogP contribution in [0.25, 0.3) is 0 Å². The van der Waals surface area contributed by atoms with Crippen LogP contribution >= 0.6 is 0 Å². The van der Waals surface area contributed by atoms with Crippen molar-refractivity contribution >= 4 is 0 Å². The summed E-state index contributed by atoms with van der Waals surface area (Å²) in [5, 5.41) is 15.7. The number of nitrogens with zero attached hydrogens (tertiary/aromatic N) is 5. The molecule has 0 spiro atoms. The van der Waals surface area contributed by atoms with Crippen LogP contribution in [0.5, 0.6) is 0 Å². The molecule has 3 heterocycles. The Kier molecular flexibility index (Phi) is 3.30. The largest absolute Gasteiger partial charge is 0.307 e. The average molecular weight is 250 g/mol. The van der Waals surface area contributed by atoms with Gasteiger partial charge >= 0.3 is 0 Å². The van der Waals surface area contributed by atoms with E-state index >= 15 is 0 Å². The van der Waals surface area contributed by atoms with Gasteiger partial charge in [0.15, 0.2) is 5.82 Å². The molecule has 18 heavy (non-hydrogen) atoms. The summed E-state index contributed by atoms with van der Waals surface area (Å²) in [5.41, 5.74) is 0. The molecule has 2 aliphatic rings. The van der Waals surface area contributed by atoms with Gasteiger partial charge in [0.1, 0.15) is 0 Å². The molecule has 2 saturated heterocycles. The van der Waals surface area contributed by atoms with Crippen molar-refractivity contribution in [1.82, 2.24) is 30.4 Å². The van der Waals surface area contributed by atoms with Crippen LogP contribution in [-0.4, -0.2) is 50.3 Å². The number of hydrogen-bond donors (Lipinski definition) is 1. The number of hydrogen-bond acceptors (Lipinski definition) is 5. The van der Waals surface area contributed by atoms with Crippen LogP contribution in [-0.2, 0) is 13.6 Å². The lowest BCUT2D eigenvalue weighted by Crippen LogP contribution is -2.54. The smallest absolute Gasteiger partial charge is 0.188 e. The van der Waals surface area contributed by atoms with Crippen molar-refractivity contribution < 1.29 is 0 Å². The quantitative estimate of drug-likeness (QED) is 0.837. The molecule has 6 heteroatoms. The zero-order valence-corrected chi connectivity index (χ0v) is 11.2. The van der Waals surface area contributed by atoms with E-state index in [9.17, 15) is 0 Å². The molecule has 0 aliphatic carbocycles. The third-order valence-corrected chi connectivity index (χ3v) is 4.44. The standard InChI is InChI=1S/C12H22N6/c1-17-10-4-3-5-11(17)7-9(6-10)13-8-12-14-16-18(2)15-12/h9-11,13H,3-8H2,1-2H3.